The highest BCUT2D eigenvalue weighted by molar-refractivity contribution is 5.78. The summed E-state index contributed by atoms with van der Waals surface area (Å²) >= 11 is 0. The lowest BCUT2D eigenvalue weighted by molar-refractivity contribution is 0.281. The van der Waals surface area contributed by atoms with Gasteiger partial charge in [0.2, 0.25) is 0 Å². The lowest BCUT2D eigenvalue weighted by Gasteiger charge is -2.11. The van der Waals surface area contributed by atoms with Crippen LogP contribution in [-0.2, 0) is 6.61 Å². The van der Waals surface area contributed by atoms with Crippen molar-refractivity contribution >= 4 is 5.57 Å². The van der Waals surface area contributed by atoms with Gasteiger partial charge in [-0.3, -0.25) is 0 Å². The molecule has 1 N–H and O–H groups in total. The predicted molar refractivity (Wildman–Crippen MR) is 70.1 cm³/mol. The van der Waals surface area contributed by atoms with E-state index in [0.717, 1.165) is 11.1 Å². The van der Waals surface area contributed by atoms with Crippen molar-refractivity contribution in [1.29, 1.82) is 0 Å². The third-order valence-corrected chi connectivity index (χ3v) is 2.45. The normalized spacial score (nSPS) is 9.81. The number of aliphatic hydroxyl groups is 1. The van der Waals surface area contributed by atoms with Gasteiger partial charge in [-0.1, -0.05) is 41.5 Å². The van der Waals surface area contributed by atoms with Crippen molar-refractivity contribution in [2.24, 2.45) is 0 Å². The van der Waals surface area contributed by atoms with E-state index in [1.807, 2.05) is 18.2 Å². The maximum atomic E-state index is 9.34. The Labute approximate surface area is 98.1 Å². The number of allylic oxidation sites excluding steroid dienone is 4. The minimum absolute atomic E-state index is 0.0869. The van der Waals surface area contributed by atoms with E-state index in [4.69, 9.17) is 0 Å². The topological polar surface area (TPSA) is 20.2 Å². The number of hydrogen-bond donors (Lipinski definition) is 1. The molecule has 0 radical (unpaired) electrons. The lowest BCUT2D eigenvalue weighted by atomic mass is 9.95. The molecule has 0 heterocycles. The molecule has 1 aromatic rings. The minimum Gasteiger partial charge on any atom is -0.392 e. The summed E-state index contributed by atoms with van der Waals surface area (Å²) in [5.74, 6) is 0. The molecule has 16 heavy (non-hydrogen) atoms. The summed E-state index contributed by atoms with van der Waals surface area (Å²) in [7, 11) is 0. The van der Waals surface area contributed by atoms with E-state index in [9.17, 15) is 5.11 Å². The van der Waals surface area contributed by atoms with Crippen LogP contribution in [0.1, 0.15) is 38.8 Å². The highest BCUT2D eigenvalue weighted by atomic mass is 16.3. The van der Waals surface area contributed by atoms with Crippen molar-refractivity contribution in [3.63, 3.8) is 0 Å². The zero-order valence-electron chi connectivity index (χ0n) is 10.5. The van der Waals surface area contributed by atoms with Gasteiger partial charge in [0.1, 0.15) is 0 Å². The summed E-state index contributed by atoms with van der Waals surface area (Å²) < 4.78 is 0. The summed E-state index contributed by atoms with van der Waals surface area (Å²) in [5.41, 5.74) is 5.86. The molecule has 0 fully saturated rings. The third kappa shape index (κ3) is 3.07. The summed E-state index contributed by atoms with van der Waals surface area (Å²) in [4.78, 5) is 0. The average Bonchev–Trinajstić information content (AvgIpc) is 2.25. The maximum absolute atomic E-state index is 9.34. The molecule has 0 atom stereocenters. The largest absolute Gasteiger partial charge is 0.392 e. The van der Waals surface area contributed by atoms with Crippen molar-refractivity contribution in [3.05, 3.63) is 52.6 Å². The van der Waals surface area contributed by atoms with Crippen LogP contribution in [0.4, 0.5) is 0 Å². The Morgan fingerprint density at radius 3 is 2.25 bits per heavy atom. The molecule has 1 nitrogen and oxygen atoms in total. The van der Waals surface area contributed by atoms with Gasteiger partial charge in [0.05, 0.1) is 6.61 Å². The number of aliphatic hydroxyl groups excluding tert-OH is 1. The van der Waals surface area contributed by atoms with E-state index < -0.39 is 0 Å². The van der Waals surface area contributed by atoms with Crippen LogP contribution < -0.4 is 0 Å². The molecule has 0 bridgehead atoms. The van der Waals surface area contributed by atoms with Crippen LogP contribution in [0, 0.1) is 0 Å². The number of rotatable bonds is 3. The fourth-order valence-corrected chi connectivity index (χ4v) is 1.70. The number of hydrogen-bond acceptors (Lipinski definition) is 1. The first-order valence-corrected chi connectivity index (χ1v) is 5.57. The fraction of sp³-hybridized carbons (Fsp3) is 0.333. The van der Waals surface area contributed by atoms with Gasteiger partial charge in [-0.2, -0.15) is 0 Å². The van der Waals surface area contributed by atoms with Gasteiger partial charge in [0.25, 0.3) is 0 Å². The first-order chi connectivity index (χ1) is 7.56. The SMILES string of the molecule is CC(C)=CC(=C(C)C)c1ccccc1CO. The maximum Gasteiger partial charge on any atom is 0.0687 e. The van der Waals surface area contributed by atoms with Crippen LogP contribution in [-0.4, -0.2) is 5.11 Å². The molecule has 0 saturated carbocycles. The van der Waals surface area contributed by atoms with Crippen LogP contribution in [0.5, 0.6) is 0 Å². The second kappa shape index (κ2) is 5.66. The Kier molecular flexibility index (Phi) is 4.51. The van der Waals surface area contributed by atoms with Crippen LogP contribution in [0.3, 0.4) is 0 Å². The molecule has 0 spiro atoms. The van der Waals surface area contributed by atoms with Crippen molar-refractivity contribution in [2.75, 3.05) is 0 Å². The van der Waals surface area contributed by atoms with E-state index in [-0.39, 0.29) is 6.61 Å². The molecule has 86 valence electrons. The van der Waals surface area contributed by atoms with Gasteiger partial charge in [-0.25, -0.2) is 0 Å². The summed E-state index contributed by atoms with van der Waals surface area (Å²) in [6, 6.07) is 8.00. The monoisotopic (exact) mass is 216 g/mol. The van der Waals surface area contributed by atoms with E-state index in [1.54, 1.807) is 0 Å². The van der Waals surface area contributed by atoms with Gasteiger partial charge in [-0.15, -0.1) is 0 Å². The zero-order chi connectivity index (χ0) is 12.1. The van der Waals surface area contributed by atoms with Crippen LogP contribution >= 0.6 is 0 Å². The van der Waals surface area contributed by atoms with Crippen LogP contribution in [0.2, 0.25) is 0 Å². The molecule has 0 aliphatic heterocycles. The second-order valence-electron chi connectivity index (χ2n) is 4.45. The standard InChI is InChI=1S/C15H20O/c1-11(2)9-15(12(3)4)14-8-6-5-7-13(14)10-16/h5-9,16H,10H2,1-4H3. The van der Waals surface area contributed by atoms with Crippen molar-refractivity contribution < 1.29 is 5.11 Å². The molecular formula is C15H20O. The molecule has 1 aromatic carbocycles. The van der Waals surface area contributed by atoms with Crippen molar-refractivity contribution in [3.8, 4) is 0 Å². The first-order valence-electron chi connectivity index (χ1n) is 5.57. The molecular weight excluding hydrogens is 196 g/mol. The Balaban J connectivity index is 3.34. The zero-order valence-corrected chi connectivity index (χ0v) is 10.5. The summed E-state index contributed by atoms with van der Waals surface area (Å²) in [6.07, 6.45) is 2.17. The van der Waals surface area contributed by atoms with Gasteiger partial charge in [-0.05, 0) is 44.4 Å². The Morgan fingerprint density at radius 2 is 1.75 bits per heavy atom. The van der Waals surface area contributed by atoms with Gasteiger partial charge in [0.15, 0.2) is 0 Å². The van der Waals surface area contributed by atoms with E-state index >= 15 is 0 Å². The molecule has 0 aliphatic rings. The highest BCUT2D eigenvalue weighted by Crippen LogP contribution is 2.25. The fourth-order valence-electron chi connectivity index (χ4n) is 1.70. The second-order valence-corrected chi connectivity index (χ2v) is 4.45. The first kappa shape index (κ1) is 12.7. The summed E-state index contributed by atoms with van der Waals surface area (Å²) in [6.45, 7) is 8.46. The molecule has 0 amide bonds. The molecule has 0 saturated heterocycles. The van der Waals surface area contributed by atoms with E-state index in [0.29, 0.717) is 0 Å². The smallest absolute Gasteiger partial charge is 0.0687 e. The van der Waals surface area contributed by atoms with Gasteiger partial charge in [0, 0.05) is 0 Å². The highest BCUT2D eigenvalue weighted by Gasteiger charge is 2.05. The van der Waals surface area contributed by atoms with Crippen LogP contribution in [0.15, 0.2) is 41.5 Å². The van der Waals surface area contributed by atoms with Gasteiger partial charge >= 0.3 is 0 Å². The lowest BCUT2D eigenvalue weighted by Crippen LogP contribution is -1.93. The quantitative estimate of drug-likeness (QED) is 0.759. The molecule has 0 aliphatic carbocycles. The molecule has 0 unspecified atom stereocenters. The predicted octanol–water partition coefficient (Wildman–Crippen LogP) is 3.94. The Hall–Kier alpha value is -1.34. The number of benzene rings is 1. The van der Waals surface area contributed by atoms with Crippen molar-refractivity contribution in [2.45, 2.75) is 34.3 Å². The summed E-state index contributed by atoms with van der Waals surface area (Å²) in [5, 5.41) is 9.34. The third-order valence-electron chi connectivity index (χ3n) is 2.45. The molecule has 1 rings (SSSR count). The van der Waals surface area contributed by atoms with Crippen LogP contribution in [0.25, 0.3) is 5.57 Å². The Morgan fingerprint density at radius 1 is 1.12 bits per heavy atom. The van der Waals surface area contributed by atoms with E-state index in [2.05, 4.69) is 39.8 Å². The molecule has 0 aromatic heterocycles. The Bertz CT molecular complexity index is 417. The molecule has 1 heteroatoms. The van der Waals surface area contributed by atoms with Gasteiger partial charge < -0.3 is 5.11 Å². The van der Waals surface area contributed by atoms with E-state index in [1.165, 1.54) is 16.7 Å². The minimum atomic E-state index is 0.0869. The average molecular weight is 216 g/mol. The van der Waals surface area contributed by atoms with Crippen molar-refractivity contribution in [1.82, 2.24) is 0 Å².